The van der Waals surface area contributed by atoms with Crippen LogP contribution in [0, 0.1) is 13.8 Å². The third kappa shape index (κ3) is 3.64. The summed E-state index contributed by atoms with van der Waals surface area (Å²) in [6, 6.07) is 7.01. The van der Waals surface area contributed by atoms with Gasteiger partial charge in [-0.15, -0.1) is 0 Å². The van der Waals surface area contributed by atoms with Crippen molar-refractivity contribution in [3.63, 3.8) is 0 Å². The minimum absolute atomic E-state index is 0.127. The molecule has 0 radical (unpaired) electrons. The summed E-state index contributed by atoms with van der Waals surface area (Å²) >= 11 is 5.67. The largest absolute Gasteiger partial charge is 0.435 e. The van der Waals surface area contributed by atoms with E-state index < -0.39 is 38.7 Å². The molecular weight excluding hydrogens is 447 g/mol. The fourth-order valence-electron chi connectivity index (χ4n) is 2.82. The summed E-state index contributed by atoms with van der Waals surface area (Å²) in [5, 5.41) is 1.63. The number of hydrogen-bond acceptors (Lipinski definition) is 4. The van der Waals surface area contributed by atoms with E-state index in [1.54, 1.807) is 13.8 Å². The molecule has 30 heavy (non-hydrogen) atoms. The molecule has 3 rings (SSSR count). The zero-order chi connectivity index (χ0) is 22.5. The molecule has 12 heteroatoms. The number of carbonyl (C=O) groups is 2. The number of halogens is 4. The molecule has 1 saturated heterocycles. The number of sulfonamides is 1. The molecule has 0 aliphatic carbocycles. The lowest BCUT2D eigenvalue weighted by Gasteiger charge is -2.29. The lowest BCUT2D eigenvalue weighted by atomic mass is 10.1. The molecule has 2 aromatic rings. The molecule has 1 atom stereocenters. The second-order valence-electron chi connectivity index (χ2n) is 6.65. The lowest BCUT2D eigenvalue weighted by Crippen LogP contribution is -2.69. The number of hydrogen-bond donors (Lipinski definition) is 2. The van der Waals surface area contributed by atoms with Gasteiger partial charge in [0.15, 0.2) is 0 Å². The average molecular weight is 462 g/mol. The van der Waals surface area contributed by atoms with Gasteiger partial charge in [-0.1, -0.05) is 17.7 Å². The molecule has 0 aromatic heterocycles. The van der Waals surface area contributed by atoms with E-state index in [0.29, 0.717) is 5.56 Å². The monoisotopic (exact) mass is 461 g/mol. The van der Waals surface area contributed by atoms with Crippen LogP contribution in [0.1, 0.15) is 11.1 Å². The van der Waals surface area contributed by atoms with Gasteiger partial charge in [0, 0.05) is 5.02 Å². The highest BCUT2D eigenvalue weighted by Gasteiger charge is 2.69. The molecule has 0 unspecified atom stereocenters. The van der Waals surface area contributed by atoms with E-state index in [4.69, 9.17) is 11.6 Å². The van der Waals surface area contributed by atoms with E-state index in [9.17, 15) is 31.2 Å². The first-order chi connectivity index (χ1) is 13.8. The van der Waals surface area contributed by atoms with Gasteiger partial charge in [-0.3, -0.25) is 4.79 Å². The van der Waals surface area contributed by atoms with E-state index in [2.05, 4.69) is 0 Å². The average Bonchev–Trinajstić information content (AvgIpc) is 2.88. The molecule has 1 aliphatic heterocycles. The minimum atomic E-state index is -5.48. The Morgan fingerprint density at radius 1 is 1.03 bits per heavy atom. The van der Waals surface area contributed by atoms with Gasteiger partial charge < -0.3 is 5.32 Å². The quantitative estimate of drug-likeness (QED) is 0.683. The van der Waals surface area contributed by atoms with Crippen LogP contribution in [0.5, 0.6) is 0 Å². The Labute approximate surface area is 174 Å². The van der Waals surface area contributed by atoms with Crippen LogP contribution < -0.4 is 14.9 Å². The minimum Gasteiger partial charge on any atom is -0.302 e. The maximum Gasteiger partial charge on any atom is 0.435 e. The van der Waals surface area contributed by atoms with Crippen LogP contribution in [-0.2, 0) is 14.8 Å². The molecule has 0 saturated carbocycles. The van der Waals surface area contributed by atoms with E-state index in [0.717, 1.165) is 29.8 Å². The van der Waals surface area contributed by atoms with Crippen LogP contribution in [0.2, 0.25) is 5.02 Å². The number of nitrogens with one attached hydrogen (secondary N) is 2. The summed E-state index contributed by atoms with van der Waals surface area (Å²) in [6.07, 6.45) is -5.48. The van der Waals surface area contributed by atoms with E-state index in [1.165, 1.54) is 28.2 Å². The third-order valence-electron chi connectivity index (χ3n) is 4.61. The Morgan fingerprint density at radius 2 is 1.63 bits per heavy atom. The van der Waals surface area contributed by atoms with Crippen LogP contribution in [0.4, 0.5) is 23.7 Å². The molecule has 1 fully saturated rings. The van der Waals surface area contributed by atoms with Crippen molar-refractivity contribution in [3.05, 3.63) is 58.6 Å². The molecule has 0 spiro atoms. The summed E-state index contributed by atoms with van der Waals surface area (Å²) in [5.74, 6) is -1.82. The Bertz CT molecular complexity index is 1140. The van der Waals surface area contributed by atoms with Gasteiger partial charge in [-0.25, -0.2) is 18.1 Å². The van der Waals surface area contributed by atoms with Crippen molar-refractivity contribution in [1.82, 2.24) is 10.0 Å². The van der Waals surface area contributed by atoms with Gasteiger partial charge >= 0.3 is 12.2 Å². The standard InChI is InChI=1S/C18H15ClF3N3O4S/c1-10-3-6-13(9-11(10)2)25-15(26)17(18(20,21)22,23-16(25)27)24-30(28,29)14-7-4-12(19)5-8-14/h3-9,24H,1-2H3,(H,23,27)/t17-/m0/s1. The number of alkyl halides is 3. The number of benzene rings is 2. The lowest BCUT2D eigenvalue weighted by molar-refractivity contribution is -0.194. The molecule has 0 bridgehead atoms. The van der Waals surface area contributed by atoms with Gasteiger partial charge in [0.1, 0.15) is 0 Å². The van der Waals surface area contributed by atoms with Crippen LogP contribution in [-0.4, -0.2) is 32.2 Å². The van der Waals surface area contributed by atoms with Gasteiger partial charge in [-0.05, 0) is 61.4 Å². The number of amides is 3. The number of imide groups is 1. The Hall–Kier alpha value is -2.63. The van der Waals surface area contributed by atoms with Crippen molar-refractivity contribution in [2.45, 2.75) is 30.6 Å². The second-order valence-corrected chi connectivity index (χ2v) is 8.77. The third-order valence-corrected chi connectivity index (χ3v) is 6.33. The van der Waals surface area contributed by atoms with Gasteiger partial charge in [0.05, 0.1) is 10.6 Å². The number of nitrogens with zero attached hydrogens (tertiary/aromatic N) is 1. The molecule has 7 nitrogen and oxygen atoms in total. The number of urea groups is 1. The van der Waals surface area contributed by atoms with Crippen molar-refractivity contribution in [3.8, 4) is 0 Å². The van der Waals surface area contributed by atoms with Crippen LogP contribution in [0.15, 0.2) is 47.4 Å². The summed E-state index contributed by atoms with van der Waals surface area (Å²) in [6.45, 7) is 3.39. The fourth-order valence-corrected chi connectivity index (χ4v) is 4.22. The van der Waals surface area contributed by atoms with Gasteiger partial charge in [0.25, 0.3) is 11.6 Å². The molecular formula is C18H15ClF3N3O4S. The molecule has 1 heterocycles. The maximum atomic E-state index is 14.0. The Morgan fingerprint density at radius 3 is 2.17 bits per heavy atom. The first kappa shape index (κ1) is 22.1. The van der Waals surface area contributed by atoms with Crippen molar-refractivity contribution in [2.24, 2.45) is 0 Å². The van der Waals surface area contributed by atoms with Crippen molar-refractivity contribution >= 4 is 39.2 Å². The molecule has 160 valence electrons. The SMILES string of the molecule is Cc1ccc(N2C(=O)N[C@@](NS(=O)(=O)c3ccc(Cl)cc3)(C(F)(F)F)C2=O)cc1C. The van der Waals surface area contributed by atoms with E-state index >= 15 is 0 Å². The molecule has 2 aromatic carbocycles. The Kier molecular flexibility index (Phi) is 5.34. The predicted octanol–water partition coefficient (Wildman–Crippen LogP) is 3.25. The van der Waals surface area contributed by atoms with Crippen molar-refractivity contribution in [2.75, 3.05) is 4.90 Å². The highest BCUT2D eigenvalue weighted by molar-refractivity contribution is 7.89. The number of aryl methyl sites for hydroxylation is 2. The van der Waals surface area contributed by atoms with Crippen molar-refractivity contribution in [1.29, 1.82) is 0 Å². The molecule has 3 amide bonds. The predicted molar refractivity (Wildman–Crippen MR) is 102 cm³/mol. The number of carbonyl (C=O) groups excluding carboxylic acids is 2. The van der Waals surface area contributed by atoms with E-state index in [-0.39, 0.29) is 15.6 Å². The zero-order valence-electron chi connectivity index (χ0n) is 15.5. The zero-order valence-corrected chi connectivity index (χ0v) is 17.1. The summed E-state index contributed by atoms with van der Waals surface area (Å²) in [5.41, 5.74) is -2.59. The molecule has 1 aliphatic rings. The van der Waals surface area contributed by atoms with Gasteiger partial charge in [0.2, 0.25) is 10.0 Å². The first-order valence-electron chi connectivity index (χ1n) is 8.39. The topological polar surface area (TPSA) is 95.6 Å². The van der Waals surface area contributed by atoms with Crippen molar-refractivity contribution < 1.29 is 31.2 Å². The normalized spacial score (nSPS) is 19.9. The highest BCUT2D eigenvalue weighted by atomic mass is 35.5. The number of rotatable bonds is 4. The number of anilines is 1. The van der Waals surface area contributed by atoms with Crippen LogP contribution in [0.3, 0.4) is 0 Å². The van der Waals surface area contributed by atoms with Crippen LogP contribution in [0.25, 0.3) is 0 Å². The first-order valence-corrected chi connectivity index (χ1v) is 10.2. The van der Waals surface area contributed by atoms with E-state index in [1.807, 2.05) is 0 Å². The summed E-state index contributed by atoms with van der Waals surface area (Å²) in [7, 11) is -4.87. The van der Waals surface area contributed by atoms with Crippen LogP contribution >= 0.6 is 11.6 Å². The Balaban J connectivity index is 2.08. The maximum absolute atomic E-state index is 14.0. The smallest absolute Gasteiger partial charge is 0.302 e. The fraction of sp³-hybridized carbons (Fsp3) is 0.222. The van der Waals surface area contributed by atoms with Gasteiger partial charge in [-0.2, -0.15) is 17.9 Å². The second kappa shape index (κ2) is 7.25. The highest BCUT2D eigenvalue weighted by Crippen LogP contribution is 2.37. The summed E-state index contributed by atoms with van der Waals surface area (Å²) < 4.78 is 68.4. The molecule has 2 N–H and O–H groups in total. The summed E-state index contributed by atoms with van der Waals surface area (Å²) in [4.78, 5) is 24.9.